The van der Waals surface area contributed by atoms with Gasteiger partial charge in [-0.2, -0.15) is 0 Å². The minimum atomic E-state index is -0.133. The molecule has 4 heterocycles. The topological polar surface area (TPSA) is 19.6 Å². The van der Waals surface area contributed by atoms with Crippen LogP contribution in [-0.4, -0.2) is 6.85 Å². The molecule has 10 rings (SSSR count). The first-order valence-electron chi connectivity index (χ1n) is 17.0. The highest BCUT2D eigenvalue weighted by atomic mass is 16.3. The molecule has 7 aromatic rings. The summed E-state index contributed by atoms with van der Waals surface area (Å²) in [5.41, 5.74) is 17.4. The summed E-state index contributed by atoms with van der Waals surface area (Å²) in [5, 5.41) is 2.32. The molecule has 47 heavy (non-hydrogen) atoms. The van der Waals surface area contributed by atoms with E-state index in [2.05, 4.69) is 152 Å². The zero-order chi connectivity index (χ0) is 31.4. The number of benzene rings is 6. The van der Waals surface area contributed by atoms with Crippen LogP contribution in [0.5, 0.6) is 0 Å². The number of hydrogen-bond donors (Lipinski definition) is 0. The van der Waals surface area contributed by atoms with E-state index in [-0.39, 0.29) is 12.3 Å². The summed E-state index contributed by atoms with van der Waals surface area (Å²) in [6.07, 6.45) is 3.52. The Balaban J connectivity index is 1.31. The lowest BCUT2D eigenvalue weighted by atomic mass is 9.42. The highest BCUT2D eigenvalue weighted by Crippen LogP contribution is 2.54. The van der Waals surface area contributed by atoms with Crippen molar-refractivity contribution in [2.75, 3.05) is 9.71 Å². The van der Waals surface area contributed by atoms with E-state index in [1.54, 1.807) is 0 Å². The lowest BCUT2D eigenvalue weighted by molar-refractivity contribution is 0.632. The smallest absolute Gasteiger partial charge is 0.333 e. The molecule has 6 aromatic carbocycles. The number of para-hydroxylation sites is 3. The van der Waals surface area contributed by atoms with Crippen LogP contribution in [0.4, 0.5) is 28.4 Å². The summed E-state index contributed by atoms with van der Waals surface area (Å²) in [6, 6.07) is 45.3. The fourth-order valence-corrected chi connectivity index (χ4v) is 8.75. The third kappa shape index (κ3) is 3.59. The zero-order valence-electron chi connectivity index (χ0n) is 27.0. The number of hydrogen-bond acceptors (Lipinski definition) is 3. The van der Waals surface area contributed by atoms with E-state index >= 15 is 0 Å². The monoisotopic (exact) mass is 606 g/mol. The lowest BCUT2D eigenvalue weighted by Crippen LogP contribution is -2.62. The van der Waals surface area contributed by atoms with Crippen LogP contribution in [0.2, 0.25) is 0 Å². The van der Waals surface area contributed by atoms with E-state index < -0.39 is 0 Å². The molecule has 0 unspecified atom stereocenters. The van der Waals surface area contributed by atoms with Gasteiger partial charge in [-0.3, -0.25) is 0 Å². The first kappa shape index (κ1) is 26.9. The molecule has 0 bridgehead atoms. The van der Waals surface area contributed by atoms with Crippen molar-refractivity contribution in [3.63, 3.8) is 0 Å². The average molecular weight is 607 g/mol. The van der Waals surface area contributed by atoms with Crippen LogP contribution in [0.25, 0.3) is 33.1 Å². The van der Waals surface area contributed by atoms with Gasteiger partial charge >= 0.3 is 6.85 Å². The number of unbranched alkanes of at least 4 members (excludes halogenated alkanes) is 1. The quantitative estimate of drug-likeness (QED) is 0.186. The van der Waals surface area contributed by atoms with E-state index in [1.165, 1.54) is 80.0 Å². The predicted molar refractivity (Wildman–Crippen MR) is 198 cm³/mol. The minimum absolute atomic E-state index is 0.00397. The molecule has 0 N–H and O–H groups in total. The molecule has 226 valence electrons. The van der Waals surface area contributed by atoms with Gasteiger partial charge < -0.3 is 14.1 Å². The molecule has 0 amide bonds. The Morgan fingerprint density at radius 3 is 2.30 bits per heavy atom. The Labute approximate surface area is 276 Å². The number of anilines is 5. The van der Waals surface area contributed by atoms with Gasteiger partial charge in [0.1, 0.15) is 11.2 Å². The molecule has 0 aliphatic carbocycles. The summed E-state index contributed by atoms with van der Waals surface area (Å²) in [5.74, 6) is 0. The van der Waals surface area contributed by atoms with Gasteiger partial charge in [0.05, 0.1) is 5.69 Å². The Morgan fingerprint density at radius 2 is 1.43 bits per heavy atom. The predicted octanol–water partition coefficient (Wildman–Crippen LogP) is 10.3. The maximum Gasteiger partial charge on any atom is 0.333 e. The van der Waals surface area contributed by atoms with Crippen LogP contribution in [0.15, 0.2) is 126 Å². The molecular formula is C43H35BN2O. The fourth-order valence-electron chi connectivity index (χ4n) is 8.75. The van der Waals surface area contributed by atoms with Gasteiger partial charge in [-0.1, -0.05) is 106 Å². The Kier molecular flexibility index (Phi) is 5.53. The van der Waals surface area contributed by atoms with Crippen molar-refractivity contribution in [3.8, 4) is 11.1 Å². The maximum atomic E-state index is 6.52. The summed E-state index contributed by atoms with van der Waals surface area (Å²) in [6.45, 7) is 7.03. The molecule has 0 atom stereocenters. The molecule has 0 radical (unpaired) electrons. The number of furan rings is 1. The second-order valence-electron chi connectivity index (χ2n) is 14.0. The van der Waals surface area contributed by atoms with Gasteiger partial charge in [-0.25, -0.2) is 0 Å². The van der Waals surface area contributed by atoms with Crippen LogP contribution >= 0.6 is 0 Å². The van der Waals surface area contributed by atoms with E-state index in [1.807, 2.05) is 0 Å². The molecule has 0 fully saturated rings. The van der Waals surface area contributed by atoms with Crippen molar-refractivity contribution in [2.45, 2.75) is 45.4 Å². The zero-order valence-corrected chi connectivity index (χ0v) is 27.0. The van der Waals surface area contributed by atoms with Gasteiger partial charge in [0.2, 0.25) is 0 Å². The third-order valence-corrected chi connectivity index (χ3v) is 11.0. The molecule has 3 aliphatic rings. The van der Waals surface area contributed by atoms with Crippen LogP contribution in [-0.2, 0) is 11.8 Å². The molecule has 3 nitrogen and oxygen atoms in total. The Hall–Kier alpha value is -5.22. The molecule has 0 saturated carbocycles. The fraction of sp³-hybridized carbons (Fsp3) is 0.163. The van der Waals surface area contributed by atoms with Gasteiger partial charge in [0.15, 0.2) is 0 Å². The van der Waals surface area contributed by atoms with E-state index in [9.17, 15) is 0 Å². The van der Waals surface area contributed by atoms with Crippen molar-refractivity contribution in [2.24, 2.45) is 0 Å². The average Bonchev–Trinajstić information content (AvgIpc) is 3.47. The molecule has 4 heteroatoms. The van der Waals surface area contributed by atoms with Gasteiger partial charge in [0, 0.05) is 50.6 Å². The SMILES string of the molecule is CCCCc1ccc(N2B3c4cccc5c4N(c4ccccc4C5(C)C)c4cccc(c43)-c3cc4c(cc32)oc2ccccc24)cc1. The normalized spacial score (nSPS) is 15.0. The van der Waals surface area contributed by atoms with Crippen molar-refractivity contribution in [1.29, 1.82) is 0 Å². The van der Waals surface area contributed by atoms with Crippen LogP contribution in [0.3, 0.4) is 0 Å². The van der Waals surface area contributed by atoms with Crippen LogP contribution < -0.4 is 20.6 Å². The Morgan fingerprint density at radius 1 is 0.660 bits per heavy atom. The molecule has 3 aliphatic heterocycles. The molecule has 1 aromatic heterocycles. The van der Waals surface area contributed by atoms with Gasteiger partial charge in [0.25, 0.3) is 0 Å². The number of rotatable bonds is 4. The minimum Gasteiger partial charge on any atom is -0.456 e. The largest absolute Gasteiger partial charge is 0.456 e. The lowest BCUT2D eigenvalue weighted by Gasteiger charge is -2.50. The van der Waals surface area contributed by atoms with E-state index in [0.29, 0.717) is 0 Å². The third-order valence-electron chi connectivity index (χ3n) is 11.0. The number of aryl methyl sites for hydroxylation is 1. The molecular weight excluding hydrogens is 571 g/mol. The second-order valence-corrected chi connectivity index (χ2v) is 14.0. The van der Waals surface area contributed by atoms with Crippen molar-refractivity contribution in [1.82, 2.24) is 0 Å². The first-order chi connectivity index (χ1) is 23.0. The highest BCUT2D eigenvalue weighted by molar-refractivity contribution is 6.93. The Bertz CT molecular complexity index is 2400. The highest BCUT2D eigenvalue weighted by Gasteiger charge is 2.49. The summed E-state index contributed by atoms with van der Waals surface area (Å²) >= 11 is 0. The second kappa shape index (κ2) is 9.65. The molecule has 0 spiro atoms. The van der Waals surface area contributed by atoms with Gasteiger partial charge in [-0.05, 0) is 82.4 Å². The summed E-state index contributed by atoms with van der Waals surface area (Å²) < 4.78 is 6.52. The van der Waals surface area contributed by atoms with Crippen LogP contribution in [0.1, 0.15) is 50.3 Å². The van der Waals surface area contributed by atoms with Crippen molar-refractivity contribution >= 4 is 68.1 Å². The van der Waals surface area contributed by atoms with Crippen LogP contribution in [0, 0.1) is 0 Å². The van der Waals surface area contributed by atoms with Crippen molar-refractivity contribution < 1.29 is 4.42 Å². The standard InChI is InChI=1S/C43H35BN2O/c1-4-5-12-27-21-23-28(24-22-27)46-38-26-40-32(29-13-6-9-20-39(29)47-40)25-31(38)30-14-10-19-37-41(30)44(46)35-17-11-16-34-42(35)45(37)36-18-8-7-15-33(36)43(34,2)3/h6-11,13-26H,4-5,12H2,1-3H3. The maximum absolute atomic E-state index is 6.52. The number of nitrogens with zero attached hydrogens (tertiary/aromatic N) is 2. The van der Waals surface area contributed by atoms with E-state index in [4.69, 9.17) is 4.42 Å². The molecule has 0 saturated heterocycles. The summed E-state index contributed by atoms with van der Waals surface area (Å²) in [4.78, 5) is 5.15. The summed E-state index contributed by atoms with van der Waals surface area (Å²) in [7, 11) is 0. The van der Waals surface area contributed by atoms with Gasteiger partial charge in [-0.15, -0.1) is 0 Å². The number of fused-ring (bicyclic) bond motifs is 9. The first-order valence-corrected chi connectivity index (χ1v) is 17.0. The van der Waals surface area contributed by atoms with Crippen molar-refractivity contribution in [3.05, 3.63) is 138 Å². The van der Waals surface area contributed by atoms with E-state index in [0.717, 1.165) is 28.4 Å².